The van der Waals surface area contributed by atoms with E-state index in [1.807, 2.05) is 0 Å². The summed E-state index contributed by atoms with van der Waals surface area (Å²) in [5.74, 6) is -0.852. The number of amides is 1. The fraction of sp³-hybridized carbons (Fsp3) is 0.188. The molecule has 0 spiro atoms. The maximum Gasteiger partial charge on any atom is 0.274 e. The van der Waals surface area contributed by atoms with Gasteiger partial charge in [-0.15, -0.1) is 0 Å². The van der Waals surface area contributed by atoms with Gasteiger partial charge in [-0.05, 0) is 25.1 Å². The molecule has 2 aromatic carbocycles. The lowest BCUT2D eigenvalue weighted by molar-refractivity contribution is -0.385. The summed E-state index contributed by atoms with van der Waals surface area (Å²) in [6.45, 7) is 1.52. The van der Waals surface area contributed by atoms with Crippen molar-refractivity contribution >= 4 is 27.1 Å². The van der Waals surface area contributed by atoms with Gasteiger partial charge in [-0.3, -0.25) is 14.9 Å². The lowest BCUT2D eigenvalue weighted by Gasteiger charge is -2.09. The Morgan fingerprint density at radius 2 is 1.79 bits per heavy atom. The van der Waals surface area contributed by atoms with E-state index in [1.54, 1.807) is 18.2 Å². The highest BCUT2D eigenvalue weighted by Gasteiger charge is 2.18. The van der Waals surface area contributed by atoms with Crippen LogP contribution < -0.4 is 5.32 Å². The van der Waals surface area contributed by atoms with E-state index in [-0.39, 0.29) is 22.8 Å². The van der Waals surface area contributed by atoms with Crippen LogP contribution in [0.1, 0.15) is 12.0 Å². The predicted octanol–water partition coefficient (Wildman–Crippen LogP) is 2.71. The van der Waals surface area contributed by atoms with Gasteiger partial charge in [0.15, 0.2) is 9.84 Å². The van der Waals surface area contributed by atoms with Crippen molar-refractivity contribution in [1.82, 2.24) is 0 Å². The van der Waals surface area contributed by atoms with Gasteiger partial charge >= 0.3 is 0 Å². The molecule has 8 heteroatoms. The standard InChI is InChI=1S/C16H16N2O5S/c1-12-14(8-5-9-15(12)18(20)21)17-16(19)10-11-24(22,23)13-6-3-2-4-7-13/h2-9H,10-11H2,1H3,(H,17,19). The molecule has 126 valence electrons. The Kier molecular flexibility index (Phi) is 5.30. The molecule has 1 N–H and O–H groups in total. The molecule has 7 nitrogen and oxygen atoms in total. The highest BCUT2D eigenvalue weighted by molar-refractivity contribution is 7.91. The van der Waals surface area contributed by atoms with E-state index in [0.717, 1.165) is 0 Å². The second kappa shape index (κ2) is 7.22. The van der Waals surface area contributed by atoms with Gasteiger partial charge in [-0.1, -0.05) is 24.3 Å². The Morgan fingerprint density at radius 3 is 2.42 bits per heavy atom. The number of nitro benzene ring substituents is 1. The summed E-state index contributed by atoms with van der Waals surface area (Å²) in [7, 11) is -3.55. The lowest BCUT2D eigenvalue weighted by atomic mass is 10.1. The van der Waals surface area contributed by atoms with Crippen molar-refractivity contribution < 1.29 is 18.1 Å². The Hall–Kier alpha value is -2.74. The maximum absolute atomic E-state index is 12.1. The van der Waals surface area contributed by atoms with E-state index >= 15 is 0 Å². The molecule has 24 heavy (non-hydrogen) atoms. The second-order valence-electron chi connectivity index (χ2n) is 5.14. The van der Waals surface area contributed by atoms with Crippen LogP contribution in [0.4, 0.5) is 11.4 Å². The van der Waals surface area contributed by atoms with Crippen LogP contribution in [0, 0.1) is 17.0 Å². The third kappa shape index (κ3) is 4.17. The molecule has 0 saturated carbocycles. The van der Waals surface area contributed by atoms with Gasteiger partial charge in [0.1, 0.15) is 0 Å². The minimum absolute atomic E-state index is 0.107. The van der Waals surface area contributed by atoms with Crippen molar-refractivity contribution in [3.63, 3.8) is 0 Å². The van der Waals surface area contributed by atoms with Crippen LogP contribution in [0.3, 0.4) is 0 Å². The molecule has 0 heterocycles. The Morgan fingerprint density at radius 1 is 1.12 bits per heavy atom. The minimum Gasteiger partial charge on any atom is -0.326 e. The van der Waals surface area contributed by atoms with Gasteiger partial charge in [0.05, 0.1) is 26.8 Å². The summed E-state index contributed by atoms with van der Waals surface area (Å²) >= 11 is 0. The normalized spacial score (nSPS) is 11.0. The van der Waals surface area contributed by atoms with Gasteiger partial charge < -0.3 is 5.32 Å². The molecule has 0 aliphatic rings. The van der Waals surface area contributed by atoms with Crippen molar-refractivity contribution in [3.05, 3.63) is 64.2 Å². The van der Waals surface area contributed by atoms with E-state index in [9.17, 15) is 23.3 Å². The first-order valence-electron chi connectivity index (χ1n) is 7.13. The van der Waals surface area contributed by atoms with E-state index in [1.165, 1.54) is 37.3 Å². The fourth-order valence-electron chi connectivity index (χ4n) is 2.14. The molecular weight excluding hydrogens is 332 g/mol. The number of nitro groups is 1. The van der Waals surface area contributed by atoms with Crippen LogP contribution >= 0.6 is 0 Å². The molecule has 1 amide bonds. The van der Waals surface area contributed by atoms with Crippen LogP contribution in [0.5, 0.6) is 0 Å². The number of nitrogens with one attached hydrogen (secondary N) is 1. The van der Waals surface area contributed by atoms with E-state index in [2.05, 4.69) is 5.32 Å². The first-order chi connectivity index (χ1) is 11.3. The summed E-state index contributed by atoms with van der Waals surface area (Å²) in [4.78, 5) is 22.5. The molecule has 0 fully saturated rings. The van der Waals surface area contributed by atoms with Crippen LogP contribution in [0.25, 0.3) is 0 Å². The molecule has 2 rings (SSSR count). The van der Waals surface area contributed by atoms with Gasteiger partial charge in [-0.25, -0.2) is 8.42 Å². The molecule has 0 radical (unpaired) electrons. The minimum atomic E-state index is -3.55. The highest BCUT2D eigenvalue weighted by atomic mass is 32.2. The van der Waals surface area contributed by atoms with Crippen LogP contribution in [-0.2, 0) is 14.6 Å². The van der Waals surface area contributed by atoms with Gasteiger partial charge in [0, 0.05) is 12.5 Å². The molecule has 0 aromatic heterocycles. The number of nitrogens with zero attached hydrogens (tertiary/aromatic N) is 1. The molecule has 0 aliphatic heterocycles. The SMILES string of the molecule is Cc1c(NC(=O)CCS(=O)(=O)c2ccccc2)cccc1[N+](=O)[O-]. The fourth-order valence-corrected chi connectivity index (χ4v) is 3.40. The quantitative estimate of drug-likeness (QED) is 0.638. The van der Waals surface area contributed by atoms with E-state index in [4.69, 9.17) is 0 Å². The van der Waals surface area contributed by atoms with Gasteiger partial charge in [0.2, 0.25) is 5.91 Å². The molecular formula is C16H16N2O5S. The Labute approximate surface area is 139 Å². The number of benzene rings is 2. The maximum atomic E-state index is 12.1. The van der Waals surface area contributed by atoms with Gasteiger partial charge in [0.25, 0.3) is 5.69 Å². The van der Waals surface area contributed by atoms with E-state index < -0.39 is 20.7 Å². The first kappa shape index (κ1) is 17.6. The average molecular weight is 348 g/mol. The average Bonchev–Trinajstić information content (AvgIpc) is 2.55. The number of carbonyl (C=O) groups is 1. The summed E-state index contributed by atoms with van der Waals surface area (Å²) < 4.78 is 24.3. The van der Waals surface area contributed by atoms with Crippen LogP contribution in [0.2, 0.25) is 0 Å². The number of sulfone groups is 1. The Balaban J connectivity index is 2.05. The van der Waals surface area contributed by atoms with Gasteiger partial charge in [-0.2, -0.15) is 0 Å². The molecule has 0 unspecified atom stereocenters. The number of hydrogen-bond acceptors (Lipinski definition) is 5. The Bertz CT molecular complexity index is 863. The third-order valence-corrected chi connectivity index (χ3v) is 5.21. The monoisotopic (exact) mass is 348 g/mol. The van der Waals surface area contributed by atoms with Crippen molar-refractivity contribution in [1.29, 1.82) is 0 Å². The number of rotatable bonds is 6. The smallest absolute Gasteiger partial charge is 0.274 e. The largest absolute Gasteiger partial charge is 0.326 e. The second-order valence-corrected chi connectivity index (χ2v) is 7.25. The van der Waals surface area contributed by atoms with Crippen LogP contribution in [-0.4, -0.2) is 25.0 Å². The van der Waals surface area contributed by atoms with Crippen LogP contribution in [0.15, 0.2) is 53.4 Å². The van der Waals surface area contributed by atoms with E-state index in [0.29, 0.717) is 11.3 Å². The lowest BCUT2D eigenvalue weighted by Crippen LogP contribution is -2.18. The molecule has 0 bridgehead atoms. The van der Waals surface area contributed by atoms with Crippen molar-refractivity contribution in [2.75, 3.05) is 11.1 Å². The zero-order chi connectivity index (χ0) is 17.7. The van der Waals surface area contributed by atoms with Crippen molar-refractivity contribution in [3.8, 4) is 0 Å². The molecule has 0 saturated heterocycles. The third-order valence-electron chi connectivity index (χ3n) is 3.48. The number of anilines is 1. The molecule has 0 atom stereocenters. The molecule has 2 aromatic rings. The highest BCUT2D eigenvalue weighted by Crippen LogP contribution is 2.25. The predicted molar refractivity (Wildman–Crippen MR) is 89.6 cm³/mol. The van der Waals surface area contributed by atoms with Crippen molar-refractivity contribution in [2.45, 2.75) is 18.2 Å². The number of carbonyl (C=O) groups excluding carboxylic acids is 1. The van der Waals surface area contributed by atoms with Crippen molar-refractivity contribution in [2.24, 2.45) is 0 Å². The summed E-state index contributed by atoms with van der Waals surface area (Å²) in [6.07, 6.45) is -0.237. The summed E-state index contributed by atoms with van der Waals surface area (Å²) in [6, 6.07) is 12.2. The zero-order valence-corrected chi connectivity index (χ0v) is 13.7. The topological polar surface area (TPSA) is 106 Å². The zero-order valence-electron chi connectivity index (χ0n) is 12.9. The molecule has 0 aliphatic carbocycles. The summed E-state index contributed by atoms with van der Waals surface area (Å²) in [5, 5.41) is 13.4. The number of hydrogen-bond donors (Lipinski definition) is 1. The first-order valence-corrected chi connectivity index (χ1v) is 8.78. The summed E-state index contributed by atoms with van der Waals surface area (Å²) in [5.41, 5.74) is 0.512.